The molecule has 0 radical (unpaired) electrons. The van der Waals surface area contributed by atoms with Gasteiger partial charge in [0.2, 0.25) is 0 Å². The van der Waals surface area contributed by atoms with Crippen LogP contribution in [0.3, 0.4) is 0 Å². The van der Waals surface area contributed by atoms with Gasteiger partial charge in [-0.1, -0.05) is 0 Å². The van der Waals surface area contributed by atoms with Gasteiger partial charge in [-0.05, 0) is 13.8 Å². The smallest absolute Gasteiger partial charge is 0.126 e. The van der Waals surface area contributed by atoms with Crippen LogP contribution in [0.2, 0.25) is 0 Å². The lowest BCUT2D eigenvalue weighted by atomic mass is 10.2. The number of quaternary nitrogens is 1. The third kappa shape index (κ3) is 6.47. The van der Waals surface area contributed by atoms with Gasteiger partial charge in [0, 0.05) is 19.6 Å². The van der Waals surface area contributed by atoms with Crippen LogP contribution >= 0.6 is 0 Å². The van der Waals surface area contributed by atoms with Crippen molar-refractivity contribution in [3.05, 3.63) is 0 Å². The molecule has 6 nitrogen and oxygen atoms in total. The number of aliphatic hydroxyl groups is 3. The second-order valence-electron chi connectivity index (χ2n) is 6.42. The van der Waals surface area contributed by atoms with Gasteiger partial charge in [0.05, 0.1) is 45.6 Å². The van der Waals surface area contributed by atoms with E-state index in [0.29, 0.717) is 19.7 Å². The van der Waals surface area contributed by atoms with E-state index in [2.05, 4.69) is 11.9 Å². The van der Waals surface area contributed by atoms with Crippen LogP contribution < -0.4 is 0 Å². The summed E-state index contributed by atoms with van der Waals surface area (Å²) in [6.45, 7) is 9.00. The van der Waals surface area contributed by atoms with Gasteiger partial charge in [-0.15, -0.1) is 0 Å². The molecule has 0 aromatic heterocycles. The van der Waals surface area contributed by atoms with Crippen molar-refractivity contribution in [2.24, 2.45) is 0 Å². The maximum Gasteiger partial charge on any atom is 0.126 e. The lowest BCUT2D eigenvalue weighted by molar-refractivity contribution is -0.916. The van der Waals surface area contributed by atoms with Gasteiger partial charge in [0.15, 0.2) is 0 Å². The summed E-state index contributed by atoms with van der Waals surface area (Å²) in [5.41, 5.74) is 0. The molecule has 1 aliphatic heterocycles. The van der Waals surface area contributed by atoms with Gasteiger partial charge in [0.1, 0.15) is 12.6 Å². The molecule has 120 valence electrons. The van der Waals surface area contributed by atoms with Gasteiger partial charge < -0.3 is 24.5 Å². The Hall–Kier alpha value is -0.240. The normalized spacial score (nSPS) is 22.9. The number of hydrogen-bond donors (Lipinski definition) is 3. The minimum Gasteiger partial charge on any atom is -0.394 e. The van der Waals surface area contributed by atoms with Crippen LogP contribution in [0, 0.1) is 0 Å². The quantitative estimate of drug-likeness (QED) is 0.495. The average molecular weight is 291 g/mol. The zero-order chi connectivity index (χ0) is 15.2. The fourth-order valence-corrected chi connectivity index (χ4v) is 2.58. The molecule has 1 rings (SSSR count). The number of hydrogen-bond acceptors (Lipinski definition) is 5. The number of aliphatic hydroxyl groups excluding tert-OH is 3. The molecule has 1 fully saturated rings. The first-order valence-electron chi connectivity index (χ1n) is 7.49. The molecule has 6 heteroatoms. The molecule has 1 heterocycles. The highest BCUT2D eigenvalue weighted by molar-refractivity contribution is 4.68. The minimum atomic E-state index is -0.656. The third-order valence-electron chi connectivity index (χ3n) is 3.87. The van der Waals surface area contributed by atoms with Crippen LogP contribution in [-0.4, -0.2) is 103 Å². The Morgan fingerprint density at radius 2 is 1.75 bits per heavy atom. The van der Waals surface area contributed by atoms with Gasteiger partial charge in [0.25, 0.3) is 0 Å². The van der Waals surface area contributed by atoms with Crippen molar-refractivity contribution in [1.82, 2.24) is 4.90 Å². The van der Waals surface area contributed by atoms with E-state index in [-0.39, 0.29) is 12.7 Å². The van der Waals surface area contributed by atoms with Crippen LogP contribution in [0.5, 0.6) is 0 Å². The van der Waals surface area contributed by atoms with Gasteiger partial charge in [-0.3, -0.25) is 4.90 Å². The van der Waals surface area contributed by atoms with Crippen LogP contribution in [0.4, 0.5) is 0 Å². The van der Waals surface area contributed by atoms with E-state index in [0.717, 1.165) is 30.7 Å². The molecule has 0 aromatic rings. The summed E-state index contributed by atoms with van der Waals surface area (Å²) in [5.74, 6) is 0. The monoisotopic (exact) mass is 291 g/mol. The Morgan fingerprint density at radius 1 is 1.15 bits per heavy atom. The van der Waals surface area contributed by atoms with E-state index in [1.54, 1.807) is 0 Å². The van der Waals surface area contributed by atoms with Crippen molar-refractivity contribution in [2.45, 2.75) is 32.2 Å². The zero-order valence-corrected chi connectivity index (χ0v) is 13.0. The third-order valence-corrected chi connectivity index (χ3v) is 3.87. The Bertz CT molecular complexity index is 268. The van der Waals surface area contributed by atoms with Gasteiger partial charge in [-0.2, -0.15) is 0 Å². The first-order chi connectivity index (χ1) is 9.34. The molecule has 1 saturated heterocycles. The van der Waals surface area contributed by atoms with E-state index < -0.39 is 12.2 Å². The van der Waals surface area contributed by atoms with Crippen LogP contribution in [-0.2, 0) is 4.74 Å². The van der Waals surface area contributed by atoms with Crippen molar-refractivity contribution in [3.63, 3.8) is 0 Å². The van der Waals surface area contributed by atoms with Crippen LogP contribution in [0.15, 0.2) is 0 Å². The molecule has 1 aliphatic rings. The fraction of sp³-hybridized carbons (Fsp3) is 1.00. The Kier molecular flexibility index (Phi) is 7.36. The summed E-state index contributed by atoms with van der Waals surface area (Å²) in [5, 5.41) is 28.4. The van der Waals surface area contributed by atoms with Crippen LogP contribution in [0.1, 0.15) is 13.8 Å². The van der Waals surface area contributed by atoms with Gasteiger partial charge in [-0.25, -0.2) is 0 Å². The first kappa shape index (κ1) is 17.8. The molecular formula is C14H31N2O4+. The predicted octanol–water partition coefficient (Wildman–Crippen LogP) is -1.11. The van der Waals surface area contributed by atoms with Gasteiger partial charge >= 0.3 is 0 Å². The molecule has 0 saturated carbocycles. The largest absolute Gasteiger partial charge is 0.394 e. The minimum absolute atomic E-state index is 0.145. The van der Waals surface area contributed by atoms with Crippen molar-refractivity contribution in [3.8, 4) is 0 Å². The number of piperazine rings is 1. The number of ether oxygens (including phenoxy) is 1. The highest BCUT2D eigenvalue weighted by Gasteiger charge is 2.31. The lowest BCUT2D eigenvalue weighted by Gasteiger charge is -2.43. The number of likely N-dealkylation sites (N-methyl/N-ethyl adjacent to an activating group) is 1. The molecule has 2 unspecified atom stereocenters. The second kappa shape index (κ2) is 8.26. The summed E-state index contributed by atoms with van der Waals surface area (Å²) in [4.78, 5) is 2.16. The summed E-state index contributed by atoms with van der Waals surface area (Å²) in [6.07, 6.45) is -0.944. The fourth-order valence-electron chi connectivity index (χ4n) is 2.58. The second-order valence-corrected chi connectivity index (χ2v) is 6.42. The topological polar surface area (TPSA) is 73.2 Å². The lowest BCUT2D eigenvalue weighted by Crippen LogP contribution is -2.60. The molecule has 0 spiro atoms. The summed E-state index contributed by atoms with van der Waals surface area (Å²) >= 11 is 0. The average Bonchev–Trinajstić information content (AvgIpc) is 2.39. The molecule has 0 bridgehead atoms. The molecule has 2 atom stereocenters. The molecule has 0 amide bonds. The van der Waals surface area contributed by atoms with E-state index in [1.807, 2.05) is 13.8 Å². The number of nitrogens with zero attached hydrogens (tertiary/aromatic N) is 2. The molecule has 0 aliphatic carbocycles. The molecular weight excluding hydrogens is 260 g/mol. The van der Waals surface area contributed by atoms with Crippen molar-refractivity contribution < 1.29 is 24.5 Å². The molecule has 0 aromatic carbocycles. The first-order valence-corrected chi connectivity index (χ1v) is 7.49. The summed E-state index contributed by atoms with van der Waals surface area (Å²) < 4.78 is 6.27. The number of rotatable bonds is 8. The van der Waals surface area contributed by atoms with Crippen molar-refractivity contribution >= 4 is 0 Å². The van der Waals surface area contributed by atoms with Crippen molar-refractivity contribution in [2.75, 3.05) is 59.5 Å². The maximum absolute atomic E-state index is 10.0. The van der Waals surface area contributed by atoms with Crippen molar-refractivity contribution in [1.29, 1.82) is 0 Å². The Balaban J connectivity index is 2.30. The maximum atomic E-state index is 10.0. The highest BCUT2D eigenvalue weighted by Crippen LogP contribution is 2.12. The Morgan fingerprint density at radius 3 is 2.25 bits per heavy atom. The predicted molar refractivity (Wildman–Crippen MR) is 77.4 cm³/mol. The molecule has 20 heavy (non-hydrogen) atoms. The SMILES string of the molecule is CC(C)OCC(O)C[N+]1(C)CCN(CC(O)CO)CC1. The highest BCUT2D eigenvalue weighted by atomic mass is 16.5. The zero-order valence-electron chi connectivity index (χ0n) is 13.0. The standard InChI is InChI=1S/C14H31N2O4/c1-12(2)20-11-14(19)9-16(3)6-4-15(5-7-16)8-13(18)10-17/h12-14,17-19H,4-11H2,1-3H3/q+1. The number of β-amino-alcohol motifs (C(OH)–C–C–N with tert-alkyl or cyclic N) is 1. The van der Waals surface area contributed by atoms with E-state index in [9.17, 15) is 10.2 Å². The van der Waals surface area contributed by atoms with Crippen LogP contribution in [0.25, 0.3) is 0 Å². The Labute approximate surface area is 122 Å². The molecule has 3 N–H and O–H groups in total. The van der Waals surface area contributed by atoms with E-state index in [4.69, 9.17) is 9.84 Å². The van der Waals surface area contributed by atoms with E-state index >= 15 is 0 Å². The summed E-state index contributed by atoms with van der Waals surface area (Å²) in [7, 11) is 2.15. The van der Waals surface area contributed by atoms with E-state index in [1.165, 1.54) is 0 Å². The summed E-state index contributed by atoms with van der Waals surface area (Å²) in [6, 6.07) is 0.